The summed E-state index contributed by atoms with van der Waals surface area (Å²) in [4.78, 5) is 0. The lowest BCUT2D eigenvalue weighted by Gasteiger charge is -2.35. The zero-order valence-corrected chi connectivity index (χ0v) is 14.9. The van der Waals surface area contributed by atoms with E-state index >= 15 is 0 Å². The van der Waals surface area contributed by atoms with Crippen molar-refractivity contribution in [2.24, 2.45) is 0 Å². The summed E-state index contributed by atoms with van der Waals surface area (Å²) in [6.07, 6.45) is 0. The highest BCUT2D eigenvalue weighted by molar-refractivity contribution is 7.72. The lowest BCUT2D eigenvalue weighted by Crippen LogP contribution is -2.59. The van der Waals surface area contributed by atoms with Crippen molar-refractivity contribution >= 4 is 33.7 Å². The van der Waals surface area contributed by atoms with Gasteiger partial charge in [-0.05, 0) is 32.5 Å². The monoisotopic (exact) mass is 218 g/mol. The Balaban J connectivity index is 4.34. The largest absolute Gasteiger partial charge is 0.100 e. The first-order valence-electron chi connectivity index (χ1n) is 4.31. The van der Waals surface area contributed by atoms with Crippen LogP contribution in [-0.2, 0) is 0 Å². The van der Waals surface area contributed by atoms with Crippen LogP contribution < -0.4 is 0 Å². The van der Waals surface area contributed by atoms with E-state index < -0.39 is 14.2 Å². The van der Waals surface area contributed by atoms with Crippen LogP contribution in [0.3, 0.4) is 0 Å². The zero-order chi connectivity index (χ0) is 9.28. The third-order valence-electron chi connectivity index (χ3n) is 2.77. The van der Waals surface area contributed by atoms with Crippen LogP contribution in [0.5, 0.6) is 0 Å². The second-order valence-corrected chi connectivity index (χ2v) is 47.7. The molecule has 0 bridgehead atoms. The first-order chi connectivity index (χ1) is 4.67. The molecule has 66 valence electrons. The molecule has 0 saturated heterocycles. The Morgan fingerprint density at radius 2 is 1.64 bits per heavy atom. The topological polar surface area (TPSA) is 0 Å². The molecule has 0 heterocycles. The number of allylic oxidation sites excluding steroid dienone is 1. The average molecular weight is 219 g/mol. The number of rotatable bonds is 3. The molecule has 0 nitrogen and oxygen atoms in total. The minimum absolute atomic E-state index is 0.651. The third kappa shape index (κ3) is 3.68. The van der Waals surface area contributed by atoms with Gasteiger partial charge in [-0.15, -0.1) is 6.58 Å². The van der Waals surface area contributed by atoms with Crippen LogP contribution in [0.15, 0.2) is 12.2 Å². The third-order valence-corrected chi connectivity index (χ3v) is 50.2. The second kappa shape index (κ2) is 3.55. The van der Waals surface area contributed by atoms with E-state index in [-0.39, 0.29) is 0 Å². The van der Waals surface area contributed by atoms with Gasteiger partial charge in [0.15, 0.2) is 0 Å². The van der Waals surface area contributed by atoms with Gasteiger partial charge in [-0.1, -0.05) is 25.2 Å². The first kappa shape index (κ1) is 11.6. The Kier molecular flexibility index (Phi) is 3.75. The molecule has 0 aromatic heterocycles. The molecule has 0 atom stereocenters. The first-order valence-corrected chi connectivity index (χ1v) is 18.0. The predicted octanol–water partition coefficient (Wildman–Crippen LogP) is 0.152. The van der Waals surface area contributed by atoms with Crippen molar-refractivity contribution in [2.45, 2.75) is 32.6 Å². The molecular formula is C7H22Si4. The molecule has 0 radical (unpaired) electrons. The molecule has 0 N–H and O–H groups in total. The predicted molar refractivity (Wildman–Crippen MR) is 68.6 cm³/mol. The molecule has 0 rings (SSSR count). The van der Waals surface area contributed by atoms with Crippen molar-refractivity contribution in [2.75, 3.05) is 0 Å². The van der Waals surface area contributed by atoms with Gasteiger partial charge in [0, 0.05) is 14.2 Å². The van der Waals surface area contributed by atoms with E-state index in [1.807, 2.05) is 0 Å². The molecule has 0 amide bonds. The highest BCUT2D eigenvalue weighted by Gasteiger charge is 2.35. The van der Waals surface area contributed by atoms with Crippen LogP contribution in [-0.4, -0.2) is 33.7 Å². The van der Waals surface area contributed by atoms with Crippen molar-refractivity contribution in [3.8, 4) is 0 Å². The highest BCUT2D eigenvalue weighted by atomic mass is 29.9. The van der Waals surface area contributed by atoms with E-state index in [9.17, 15) is 0 Å². The maximum atomic E-state index is 4.06. The van der Waals surface area contributed by atoms with Crippen LogP contribution in [0.2, 0.25) is 25.7 Å². The summed E-state index contributed by atoms with van der Waals surface area (Å²) in [6.45, 7) is 13.3. The summed E-state index contributed by atoms with van der Waals surface area (Å²) in [5, 5.41) is 0. The van der Waals surface area contributed by atoms with Gasteiger partial charge in [-0.2, -0.15) is 0 Å². The quantitative estimate of drug-likeness (QED) is 0.468. The van der Waals surface area contributed by atoms with Crippen LogP contribution in [0.4, 0.5) is 0 Å². The van der Waals surface area contributed by atoms with Gasteiger partial charge < -0.3 is 0 Å². The fourth-order valence-corrected chi connectivity index (χ4v) is 9.18. The van der Waals surface area contributed by atoms with E-state index in [0.717, 1.165) is 0 Å². The smallest absolute Gasteiger partial charge is 0.0321 e. The van der Waals surface area contributed by atoms with Crippen molar-refractivity contribution in [1.82, 2.24) is 0 Å². The standard InChI is InChI=1S/C7H22Si4/c1-7(2)6-11(8,9)10(3,4)5/h1,6H2,2-5,8-9H3. The molecular weight excluding hydrogens is 196 g/mol. The van der Waals surface area contributed by atoms with Crippen molar-refractivity contribution in [3.63, 3.8) is 0 Å². The molecule has 0 spiro atoms. The fraction of sp³-hybridized carbons (Fsp3) is 0.714. The Morgan fingerprint density at radius 1 is 1.27 bits per heavy atom. The fourth-order valence-electron chi connectivity index (χ4n) is 1.02. The van der Waals surface area contributed by atoms with Gasteiger partial charge in [0.1, 0.15) is 0 Å². The molecule has 0 aromatic rings. The highest BCUT2D eigenvalue weighted by Crippen LogP contribution is 2.19. The Bertz CT molecular complexity index is 154. The van der Waals surface area contributed by atoms with E-state index in [0.29, 0.717) is 0 Å². The van der Waals surface area contributed by atoms with E-state index in [2.05, 4.69) is 33.1 Å². The summed E-state index contributed by atoms with van der Waals surface area (Å²) in [5.41, 5.74) is 1.45. The normalized spacial score (nSPS) is 18.2. The minimum Gasteiger partial charge on any atom is -0.100 e. The van der Waals surface area contributed by atoms with Crippen LogP contribution >= 0.6 is 0 Å². The van der Waals surface area contributed by atoms with Crippen molar-refractivity contribution in [1.29, 1.82) is 0 Å². The molecule has 0 fully saturated rings. The Labute approximate surface area is 78.7 Å². The Hall–Kier alpha value is 0.608. The molecule has 0 unspecified atom stereocenters. The van der Waals surface area contributed by atoms with Crippen LogP contribution in [0.25, 0.3) is 0 Å². The van der Waals surface area contributed by atoms with E-state index in [4.69, 9.17) is 0 Å². The van der Waals surface area contributed by atoms with Gasteiger partial charge in [-0.25, -0.2) is 0 Å². The molecule has 0 aliphatic carbocycles. The van der Waals surface area contributed by atoms with Crippen molar-refractivity contribution in [3.05, 3.63) is 12.2 Å². The average Bonchev–Trinajstić information content (AvgIpc) is 1.56. The summed E-state index contributed by atoms with van der Waals surface area (Å²) < 4.78 is 0. The Morgan fingerprint density at radius 3 is 1.73 bits per heavy atom. The van der Waals surface area contributed by atoms with Gasteiger partial charge in [0.05, 0.1) is 0 Å². The molecule has 11 heavy (non-hydrogen) atoms. The summed E-state index contributed by atoms with van der Waals surface area (Å²) in [6, 6.07) is 1.45. The summed E-state index contributed by atoms with van der Waals surface area (Å²) in [7, 11) is 2.27. The van der Waals surface area contributed by atoms with Crippen molar-refractivity contribution < 1.29 is 0 Å². The number of hydrogen-bond donors (Lipinski definition) is 0. The summed E-state index contributed by atoms with van der Waals surface area (Å²) in [5.74, 6) is 0. The van der Waals surface area contributed by atoms with Gasteiger partial charge in [0.2, 0.25) is 0 Å². The molecule has 0 saturated carbocycles. The molecule has 0 aromatic carbocycles. The SMILES string of the molecule is C=C(C)C[Si]([SiH3])([SiH3])[Si](C)(C)C. The van der Waals surface area contributed by atoms with Gasteiger partial charge in [0.25, 0.3) is 0 Å². The van der Waals surface area contributed by atoms with E-state index in [1.54, 1.807) is 0 Å². The minimum atomic E-state index is -0.746. The second-order valence-electron chi connectivity index (χ2n) is 5.27. The summed E-state index contributed by atoms with van der Waals surface area (Å²) >= 11 is 0. The maximum Gasteiger partial charge on any atom is 0.0321 e. The van der Waals surface area contributed by atoms with E-state index in [1.165, 1.54) is 31.1 Å². The lowest BCUT2D eigenvalue weighted by atomic mass is 10.4. The van der Waals surface area contributed by atoms with Crippen LogP contribution in [0, 0.1) is 0 Å². The zero-order valence-electron chi connectivity index (χ0n) is 8.91. The lowest BCUT2D eigenvalue weighted by molar-refractivity contribution is 1.39. The molecule has 0 aliphatic rings. The molecule has 4 heteroatoms. The number of hydrogen-bond acceptors (Lipinski definition) is 0. The van der Waals surface area contributed by atoms with Crippen LogP contribution in [0.1, 0.15) is 6.92 Å². The van der Waals surface area contributed by atoms with Gasteiger partial charge >= 0.3 is 0 Å². The molecule has 0 aliphatic heterocycles. The van der Waals surface area contributed by atoms with Gasteiger partial charge in [-0.3, -0.25) is 0 Å². The maximum absolute atomic E-state index is 4.06.